The molecule has 5 heteroatoms. The van der Waals surface area contributed by atoms with E-state index in [1.165, 1.54) is 32.1 Å². The average molecular weight is 329 g/mol. The Hall–Kier alpha value is -0.515. The summed E-state index contributed by atoms with van der Waals surface area (Å²) in [6.45, 7) is 2.88. The van der Waals surface area contributed by atoms with Crippen molar-refractivity contribution >= 4 is 28.5 Å². The van der Waals surface area contributed by atoms with Gasteiger partial charge >= 0.3 is 7.12 Å². The maximum atomic E-state index is 9.14. The van der Waals surface area contributed by atoms with Gasteiger partial charge in [0.25, 0.3) is 0 Å². The molecule has 1 rings (SSSR count). The molecule has 0 aliphatic carbocycles. The van der Waals surface area contributed by atoms with E-state index in [0.29, 0.717) is 17.8 Å². The zero-order valence-corrected chi connectivity index (χ0v) is 13.0. The van der Waals surface area contributed by atoms with Gasteiger partial charge in [0.2, 0.25) is 0 Å². The molecule has 0 amide bonds. The van der Waals surface area contributed by atoms with Gasteiger partial charge in [-0.15, -0.1) is 0 Å². The molecular weight excluding hydrogens is 307 g/mol. The van der Waals surface area contributed by atoms with E-state index in [1.807, 2.05) is 6.07 Å². The summed E-state index contributed by atoms with van der Waals surface area (Å²) in [4.78, 5) is 0. The zero-order chi connectivity index (χ0) is 14.1. The maximum absolute atomic E-state index is 9.14. The second-order valence-corrected chi connectivity index (χ2v) is 5.63. The van der Waals surface area contributed by atoms with Crippen LogP contribution in [0.15, 0.2) is 22.7 Å². The minimum Gasteiger partial charge on any atom is -0.494 e. The van der Waals surface area contributed by atoms with E-state index in [2.05, 4.69) is 22.9 Å². The molecule has 0 radical (unpaired) electrons. The number of halogens is 1. The summed E-state index contributed by atoms with van der Waals surface area (Å²) in [6.07, 6.45) is 7.35. The van der Waals surface area contributed by atoms with E-state index < -0.39 is 7.12 Å². The topological polar surface area (TPSA) is 49.7 Å². The third-order valence-corrected chi connectivity index (χ3v) is 3.42. The number of benzene rings is 1. The van der Waals surface area contributed by atoms with Gasteiger partial charge in [0.05, 0.1) is 6.61 Å². The van der Waals surface area contributed by atoms with E-state index in [4.69, 9.17) is 14.8 Å². The van der Waals surface area contributed by atoms with Crippen molar-refractivity contribution in [2.75, 3.05) is 6.61 Å². The Morgan fingerprint density at radius 1 is 1.05 bits per heavy atom. The molecule has 0 aromatic heterocycles. The number of ether oxygens (including phenoxy) is 1. The van der Waals surface area contributed by atoms with Crippen molar-refractivity contribution in [2.24, 2.45) is 0 Å². The summed E-state index contributed by atoms with van der Waals surface area (Å²) in [5.74, 6) is 0.672. The fraction of sp³-hybridized carbons (Fsp3) is 0.571. The molecule has 0 aliphatic rings. The van der Waals surface area contributed by atoms with Gasteiger partial charge in [-0.05, 0) is 30.1 Å². The minimum absolute atomic E-state index is 0.437. The molecule has 106 valence electrons. The van der Waals surface area contributed by atoms with Crippen LogP contribution in [0.1, 0.15) is 45.4 Å². The Morgan fingerprint density at radius 2 is 1.74 bits per heavy atom. The van der Waals surface area contributed by atoms with Gasteiger partial charge in [-0.25, -0.2) is 0 Å². The number of rotatable bonds is 9. The molecule has 0 spiro atoms. The molecule has 1 aromatic carbocycles. The highest BCUT2D eigenvalue weighted by molar-refractivity contribution is 9.10. The molecule has 19 heavy (non-hydrogen) atoms. The lowest BCUT2D eigenvalue weighted by Crippen LogP contribution is -2.29. The Balaban J connectivity index is 2.29. The van der Waals surface area contributed by atoms with Gasteiger partial charge in [0, 0.05) is 4.47 Å². The molecule has 1 aromatic rings. The van der Waals surface area contributed by atoms with Crippen LogP contribution in [0, 0.1) is 0 Å². The lowest BCUT2D eigenvalue weighted by Gasteiger charge is -2.09. The number of unbranched alkanes of at least 4 members (excludes halogenated alkanes) is 5. The molecule has 2 N–H and O–H groups in total. The fourth-order valence-electron chi connectivity index (χ4n) is 1.89. The van der Waals surface area contributed by atoms with Gasteiger partial charge in [0.1, 0.15) is 5.75 Å². The first-order chi connectivity index (χ1) is 9.13. The molecule has 0 fully saturated rings. The lowest BCUT2D eigenvalue weighted by molar-refractivity contribution is 0.304. The van der Waals surface area contributed by atoms with E-state index in [1.54, 1.807) is 12.1 Å². The van der Waals surface area contributed by atoms with Gasteiger partial charge in [0.15, 0.2) is 0 Å². The number of hydrogen-bond acceptors (Lipinski definition) is 3. The first kappa shape index (κ1) is 16.5. The number of hydrogen-bond donors (Lipinski definition) is 2. The maximum Gasteiger partial charge on any atom is 0.488 e. The average Bonchev–Trinajstić information content (AvgIpc) is 2.37. The monoisotopic (exact) mass is 328 g/mol. The molecule has 0 atom stereocenters. The normalized spacial score (nSPS) is 10.5. The smallest absolute Gasteiger partial charge is 0.488 e. The van der Waals surface area contributed by atoms with Gasteiger partial charge < -0.3 is 14.8 Å². The largest absolute Gasteiger partial charge is 0.494 e. The third kappa shape index (κ3) is 6.99. The molecule has 0 unspecified atom stereocenters. The quantitative estimate of drug-likeness (QED) is 0.541. The van der Waals surface area contributed by atoms with Crippen LogP contribution >= 0.6 is 15.9 Å². The first-order valence-electron chi connectivity index (χ1n) is 6.93. The highest BCUT2D eigenvalue weighted by Crippen LogP contribution is 2.17. The first-order valence-corrected chi connectivity index (χ1v) is 7.72. The van der Waals surface area contributed by atoms with Gasteiger partial charge in [-0.3, -0.25) is 0 Å². The molecule has 3 nitrogen and oxygen atoms in total. The second kappa shape index (κ2) is 9.40. The van der Waals surface area contributed by atoms with Crippen LogP contribution in [-0.2, 0) is 0 Å². The molecular formula is C14H22BBrO3. The van der Waals surface area contributed by atoms with Crippen molar-refractivity contribution in [2.45, 2.75) is 45.4 Å². The van der Waals surface area contributed by atoms with Crippen LogP contribution in [0.25, 0.3) is 0 Å². The minimum atomic E-state index is -1.46. The van der Waals surface area contributed by atoms with Crippen molar-refractivity contribution < 1.29 is 14.8 Å². The zero-order valence-electron chi connectivity index (χ0n) is 11.4. The Bertz CT molecular complexity index is 372. The molecule has 0 saturated heterocycles. The van der Waals surface area contributed by atoms with Crippen LogP contribution in [0.5, 0.6) is 5.75 Å². The van der Waals surface area contributed by atoms with Crippen molar-refractivity contribution in [1.82, 2.24) is 0 Å². The highest BCUT2D eigenvalue weighted by atomic mass is 79.9. The molecule has 0 heterocycles. The van der Waals surface area contributed by atoms with Crippen molar-refractivity contribution in [1.29, 1.82) is 0 Å². The van der Waals surface area contributed by atoms with Crippen LogP contribution < -0.4 is 10.2 Å². The van der Waals surface area contributed by atoms with Gasteiger partial charge in [-0.2, -0.15) is 0 Å². The summed E-state index contributed by atoms with van der Waals surface area (Å²) in [5, 5.41) is 18.3. The SMILES string of the molecule is CCCCCCCCOc1cc(Br)cc(B(O)O)c1. The molecule has 0 saturated carbocycles. The van der Waals surface area contributed by atoms with Crippen molar-refractivity contribution in [3.05, 3.63) is 22.7 Å². The van der Waals surface area contributed by atoms with Crippen LogP contribution in [0.3, 0.4) is 0 Å². The predicted octanol–water partition coefficient (Wildman–Crippen LogP) is 2.87. The van der Waals surface area contributed by atoms with Crippen molar-refractivity contribution in [3.8, 4) is 5.75 Å². The second-order valence-electron chi connectivity index (χ2n) is 4.71. The van der Waals surface area contributed by atoms with E-state index >= 15 is 0 Å². The fourth-order valence-corrected chi connectivity index (χ4v) is 2.38. The van der Waals surface area contributed by atoms with Crippen LogP contribution in [0.2, 0.25) is 0 Å². The lowest BCUT2D eigenvalue weighted by atomic mass is 9.80. The highest BCUT2D eigenvalue weighted by Gasteiger charge is 2.12. The van der Waals surface area contributed by atoms with E-state index in [-0.39, 0.29) is 0 Å². The molecule has 0 aliphatic heterocycles. The van der Waals surface area contributed by atoms with Crippen LogP contribution in [-0.4, -0.2) is 23.8 Å². The summed E-state index contributed by atoms with van der Waals surface area (Å²) in [6, 6.07) is 5.16. The summed E-state index contributed by atoms with van der Waals surface area (Å²) in [7, 11) is -1.46. The standard InChI is InChI=1S/C14H22BBrO3/c1-2-3-4-5-6-7-8-19-14-10-12(15(17)18)9-13(16)11-14/h9-11,17-18H,2-8H2,1H3. The Labute approximate surface area is 124 Å². The summed E-state index contributed by atoms with van der Waals surface area (Å²) < 4.78 is 6.42. The predicted molar refractivity (Wildman–Crippen MR) is 82.8 cm³/mol. The van der Waals surface area contributed by atoms with Crippen molar-refractivity contribution in [3.63, 3.8) is 0 Å². The Morgan fingerprint density at radius 3 is 2.42 bits per heavy atom. The summed E-state index contributed by atoms with van der Waals surface area (Å²) >= 11 is 3.33. The van der Waals surface area contributed by atoms with E-state index in [9.17, 15) is 0 Å². The third-order valence-electron chi connectivity index (χ3n) is 2.96. The molecule has 0 bridgehead atoms. The van der Waals surface area contributed by atoms with E-state index in [0.717, 1.165) is 10.9 Å². The van der Waals surface area contributed by atoms with Crippen LogP contribution in [0.4, 0.5) is 0 Å². The van der Waals surface area contributed by atoms with Gasteiger partial charge in [-0.1, -0.05) is 55.0 Å². The summed E-state index contributed by atoms with van der Waals surface area (Å²) in [5.41, 5.74) is 0.437. The Kier molecular flexibility index (Phi) is 8.18.